The van der Waals surface area contributed by atoms with E-state index in [1.807, 2.05) is 0 Å². The highest BCUT2D eigenvalue weighted by Gasteiger charge is 2.44. The molecule has 2 fully saturated rings. The van der Waals surface area contributed by atoms with E-state index in [2.05, 4.69) is 5.32 Å². The average molecular weight is 305 g/mol. The van der Waals surface area contributed by atoms with Crippen LogP contribution in [0.2, 0.25) is 0 Å². The average Bonchev–Trinajstić information content (AvgIpc) is 3.29. The van der Waals surface area contributed by atoms with Crippen LogP contribution in [0.3, 0.4) is 0 Å². The van der Waals surface area contributed by atoms with E-state index in [9.17, 15) is 18.8 Å². The van der Waals surface area contributed by atoms with Crippen molar-refractivity contribution in [1.29, 1.82) is 0 Å². The monoisotopic (exact) mass is 305 g/mol. The van der Waals surface area contributed by atoms with E-state index in [0.717, 1.165) is 23.3 Å². The summed E-state index contributed by atoms with van der Waals surface area (Å²) >= 11 is 0. The first kappa shape index (κ1) is 14.5. The Morgan fingerprint density at radius 3 is 2.55 bits per heavy atom. The minimum Gasteiger partial charge on any atom is -0.350 e. The second kappa shape index (κ2) is 5.75. The molecule has 0 aromatic heterocycles. The third-order valence-electron chi connectivity index (χ3n) is 3.78. The van der Waals surface area contributed by atoms with Gasteiger partial charge in [0.15, 0.2) is 0 Å². The molecule has 0 unspecified atom stereocenters. The van der Waals surface area contributed by atoms with Gasteiger partial charge in [-0.25, -0.2) is 9.18 Å². The van der Waals surface area contributed by atoms with Gasteiger partial charge in [-0.2, -0.15) is 0 Å². The van der Waals surface area contributed by atoms with Crippen LogP contribution in [0.5, 0.6) is 0 Å². The van der Waals surface area contributed by atoms with Crippen LogP contribution in [0.4, 0.5) is 9.18 Å². The molecule has 1 saturated carbocycles. The Balaban J connectivity index is 1.52. The number of carbonyl (C=O) groups excluding carboxylic acids is 3. The van der Waals surface area contributed by atoms with Gasteiger partial charge in [-0.15, -0.1) is 0 Å². The van der Waals surface area contributed by atoms with Crippen LogP contribution in [0.15, 0.2) is 24.3 Å². The molecule has 1 heterocycles. The maximum absolute atomic E-state index is 12.8. The second-order valence-corrected chi connectivity index (χ2v) is 5.52. The molecule has 4 amide bonds. The molecule has 0 atom stereocenters. The zero-order valence-corrected chi connectivity index (χ0v) is 11.9. The number of amides is 4. The Hall–Kier alpha value is -2.44. The lowest BCUT2D eigenvalue weighted by Crippen LogP contribution is -2.41. The molecule has 1 aromatic rings. The molecule has 0 radical (unpaired) electrons. The lowest BCUT2D eigenvalue weighted by atomic mass is 10.2. The highest BCUT2D eigenvalue weighted by Crippen LogP contribution is 2.30. The van der Waals surface area contributed by atoms with Crippen molar-refractivity contribution >= 4 is 17.8 Å². The van der Waals surface area contributed by atoms with Crippen molar-refractivity contribution < 1.29 is 18.8 Å². The fourth-order valence-electron chi connectivity index (χ4n) is 2.39. The van der Waals surface area contributed by atoms with E-state index in [-0.39, 0.29) is 43.4 Å². The van der Waals surface area contributed by atoms with Crippen molar-refractivity contribution in [2.24, 2.45) is 0 Å². The third-order valence-corrected chi connectivity index (χ3v) is 3.78. The number of nitrogens with zero attached hydrogens (tertiary/aromatic N) is 2. The standard InChI is InChI=1S/C15H16FN3O3/c16-11-3-1-10(2-4-11)7-17-13(20)8-19-14(21)9-18(15(19)22)12-5-6-12/h1-4,12H,5-9H2,(H,17,20). The van der Waals surface area contributed by atoms with Crippen LogP contribution in [0, 0.1) is 5.82 Å². The molecule has 116 valence electrons. The maximum Gasteiger partial charge on any atom is 0.327 e. The number of carbonyl (C=O) groups is 3. The molecule has 3 rings (SSSR count). The molecule has 1 aliphatic heterocycles. The molecule has 22 heavy (non-hydrogen) atoms. The SMILES string of the molecule is O=C(CN1C(=O)CN(C2CC2)C1=O)NCc1ccc(F)cc1. The maximum atomic E-state index is 12.8. The fourth-order valence-corrected chi connectivity index (χ4v) is 2.39. The van der Waals surface area contributed by atoms with Gasteiger partial charge in [0.05, 0.1) is 0 Å². The normalized spacial score (nSPS) is 18.0. The van der Waals surface area contributed by atoms with Crippen LogP contribution >= 0.6 is 0 Å². The zero-order chi connectivity index (χ0) is 15.7. The van der Waals surface area contributed by atoms with E-state index < -0.39 is 5.91 Å². The minimum absolute atomic E-state index is 0.0642. The summed E-state index contributed by atoms with van der Waals surface area (Å²) in [5, 5.41) is 2.62. The van der Waals surface area contributed by atoms with Crippen LogP contribution in [-0.2, 0) is 16.1 Å². The van der Waals surface area contributed by atoms with Gasteiger partial charge in [0.1, 0.15) is 18.9 Å². The van der Waals surface area contributed by atoms with Crippen molar-refractivity contribution in [1.82, 2.24) is 15.1 Å². The molecule has 1 aromatic carbocycles. The summed E-state index contributed by atoms with van der Waals surface area (Å²) in [6, 6.07) is 5.52. The van der Waals surface area contributed by atoms with Gasteiger partial charge in [-0.1, -0.05) is 12.1 Å². The molecule has 0 spiro atoms. The zero-order valence-electron chi connectivity index (χ0n) is 11.9. The van der Waals surface area contributed by atoms with E-state index in [0.29, 0.717) is 0 Å². The Morgan fingerprint density at radius 2 is 1.91 bits per heavy atom. The lowest BCUT2D eigenvalue weighted by molar-refractivity contribution is -0.130. The second-order valence-electron chi connectivity index (χ2n) is 5.52. The van der Waals surface area contributed by atoms with Crippen molar-refractivity contribution in [2.45, 2.75) is 25.4 Å². The first-order valence-electron chi connectivity index (χ1n) is 7.16. The summed E-state index contributed by atoms with van der Waals surface area (Å²) in [7, 11) is 0. The number of hydrogen-bond acceptors (Lipinski definition) is 3. The van der Waals surface area contributed by atoms with E-state index >= 15 is 0 Å². The number of nitrogens with one attached hydrogen (secondary N) is 1. The summed E-state index contributed by atoms with van der Waals surface area (Å²) in [5.74, 6) is -1.10. The largest absolute Gasteiger partial charge is 0.350 e. The number of rotatable bonds is 5. The van der Waals surface area contributed by atoms with Gasteiger partial charge in [-0.3, -0.25) is 14.5 Å². The number of hydrogen-bond donors (Lipinski definition) is 1. The van der Waals surface area contributed by atoms with Crippen molar-refractivity contribution in [2.75, 3.05) is 13.1 Å². The Bertz CT molecular complexity index is 613. The highest BCUT2D eigenvalue weighted by molar-refractivity contribution is 6.04. The van der Waals surface area contributed by atoms with Gasteiger partial charge in [0.2, 0.25) is 5.91 Å². The summed E-state index contributed by atoms with van der Waals surface area (Å²) in [4.78, 5) is 38.3. The van der Waals surface area contributed by atoms with Gasteiger partial charge in [-0.05, 0) is 30.5 Å². The van der Waals surface area contributed by atoms with Crippen molar-refractivity contribution in [3.05, 3.63) is 35.6 Å². The van der Waals surface area contributed by atoms with Crippen molar-refractivity contribution in [3.63, 3.8) is 0 Å². The Morgan fingerprint density at radius 1 is 1.23 bits per heavy atom. The predicted octanol–water partition coefficient (Wildman–Crippen LogP) is 0.868. The highest BCUT2D eigenvalue weighted by atomic mass is 19.1. The molecule has 1 aliphatic carbocycles. The van der Waals surface area contributed by atoms with Gasteiger partial charge in [0, 0.05) is 12.6 Å². The van der Waals surface area contributed by atoms with Crippen LogP contribution in [0.1, 0.15) is 18.4 Å². The van der Waals surface area contributed by atoms with Crippen molar-refractivity contribution in [3.8, 4) is 0 Å². The van der Waals surface area contributed by atoms with E-state index in [4.69, 9.17) is 0 Å². The smallest absolute Gasteiger partial charge is 0.327 e. The predicted molar refractivity (Wildman–Crippen MR) is 75.1 cm³/mol. The van der Waals surface area contributed by atoms with Crippen LogP contribution in [0.25, 0.3) is 0 Å². The van der Waals surface area contributed by atoms with Crippen LogP contribution in [-0.4, -0.2) is 46.8 Å². The van der Waals surface area contributed by atoms with Gasteiger partial charge in [0.25, 0.3) is 5.91 Å². The van der Waals surface area contributed by atoms with E-state index in [1.54, 1.807) is 12.1 Å². The quantitative estimate of drug-likeness (QED) is 0.821. The summed E-state index contributed by atoms with van der Waals surface area (Å²) in [6.45, 7) is 0.0124. The van der Waals surface area contributed by atoms with Gasteiger partial charge < -0.3 is 10.2 Å². The summed E-state index contributed by atoms with van der Waals surface area (Å²) in [6.07, 6.45) is 1.84. The number of halogens is 1. The molecule has 1 N–H and O–H groups in total. The summed E-state index contributed by atoms with van der Waals surface area (Å²) < 4.78 is 12.8. The number of imide groups is 1. The molecular formula is C15H16FN3O3. The fraction of sp³-hybridized carbons (Fsp3) is 0.400. The first-order valence-corrected chi connectivity index (χ1v) is 7.16. The molecule has 7 heteroatoms. The first-order chi connectivity index (χ1) is 10.5. The Labute approximate surface area is 126 Å². The molecule has 1 saturated heterocycles. The Kier molecular flexibility index (Phi) is 3.79. The van der Waals surface area contributed by atoms with Crippen LogP contribution < -0.4 is 5.32 Å². The third kappa shape index (κ3) is 3.08. The van der Waals surface area contributed by atoms with E-state index in [1.165, 1.54) is 17.0 Å². The minimum atomic E-state index is -0.413. The number of urea groups is 1. The summed E-state index contributed by atoms with van der Waals surface area (Å²) in [5.41, 5.74) is 0.744. The molecule has 2 aliphatic rings. The topological polar surface area (TPSA) is 69.7 Å². The molecular weight excluding hydrogens is 289 g/mol. The van der Waals surface area contributed by atoms with Gasteiger partial charge >= 0.3 is 6.03 Å². The lowest BCUT2D eigenvalue weighted by Gasteiger charge is -2.16. The number of benzene rings is 1. The molecule has 0 bridgehead atoms. The molecule has 6 nitrogen and oxygen atoms in total.